The van der Waals surface area contributed by atoms with Crippen molar-refractivity contribution in [1.82, 2.24) is 10.2 Å². The van der Waals surface area contributed by atoms with Gasteiger partial charge in [-0.05, 0) is 58.7 Å². The zero-order chi connectivity index (χ0) is 13.4. The predicted octanol–water partition coefficient (Wildman–Crippen LogP) is 1.06. The lowest BCUT2D eigenvalue weighted by atomic mass is 10.1. The average molecular weight is 257 g/mol. The summed E-state index contributed by atoms with van der Waals surface area (Å²) in [5, 5.41) is 3.65. The van der Waals surface area contributed by atoms with Gasteiger partial charge in [0.1, 0.15) is 0 Å². The quantitative estimate of drug-likeness (QED) is 0.648. The molecule has 1 heterocycles. The molecule has 0 amide bonds. The highest BCUT2D eigenvalue weighted by Crippen LogP contribution is 2.17. The Hall–Kier alpha value is -0.160. The summed E-state index contributed by atoms with van der Waals surface area (Å²) in [5.41, 5.74) is 5.57. The van der Waals surface area contributed by atoms with Gasteiger partial charge in [-0.3, -0.25) is 0 Å². The highest BCUT2D eigenvalue weighted by atomic mass is 16.5. The highest BCUT2D eigenvalue weighted by molar-refractivity contribution is 4.80. The number of hydrogen-bond acceptors (Lipinski definition) is 4. The Kier molecular flexibility index (Phi) is 7.82. The zero-order valence-electron chi connectivity index (χ0n) is 12.3. The minimum Gasteiger partial charge on any atom is -0.383 e. The smallest absolute Gasteiger partial charge is 0.0615 e. The van der Waals surface area contributed by atoms with E-state index in [-0.39, 0.29) is 0 Å². The standard InChI is InChI=1S/C14H31N3O/c1-12(2)17-8-6-13(10-17)9-16-14(11-18-3)5-4-7-15/h12-14,16H,4-11,15H2,1-3H3. The van der Waals surface area contributed by atoms with E-state index in [0.717, 1.165) is 38.5 Å². The molecular formula is C14H31N3O. The number of nitrogens with zero attached hydrogens (tertiary/aromatic N) is 1. The fraction of sp³-hybridized carbons (Fsp3) is 1.00. The molecule has 3 N–H and O–H groups in total. The van der Waals surface area contributed by atoms with Crippen molar-refractivity contribution in [2.45, 2.75) is 45.2 Å². The van der Waals surface area contributed by atoms with Crippen LogP contribution in [0.5, 0.6) is 0 Å². The molecule has 18 heavy (non-hydrogen) atoms. The Morgan fingerprint density at radius 1 is 1.44 bits per heavy atom. The third kappa shape index (κ3) is 5.65. The van der Waals surface area contributed by atoms with Gasteiger partial charge < -0.3 is 20.7 Å². The van der Waals surface area contributed by atoms with E-state index in [9.17, 15) is 0 Å². The first-order valence-corrected chi connectivity index (χ1v) is 7.33. The van der Waals surface area contributed by atoms with Gasteiger partial charge in [-0.15, -0.1) is 0 Å². The molecule has 4 nitrogen and oxygen atoms in total. The number of hydrogen-bond donors (Lipinski definition) is 2. The third-order valence-electron chi connectivity index (χ3n) is 3.87. The maximum Gasteiger partial charge on any atom is 0.0615 e. The molecule has 0 aromatic rings. The lowest BCUT2D eigenvalue weighted by Gasteiger charge is -2.22. The summed E-state index contributed by atoms with van der Waals surface area (Å²) in [4.78, 5) is 2.57. The van der Waals surface area contributed by atoms with E-state index >= 15 is 0 Å². The monoisotopic (exact) mass is 257 g/mol. The fourth-order valence-corrected chi connectivity index (χ4v) is 2.64. The summed E-state index contributed by atoms with van der Waals surface area (Å²) in [6.07, 6.45) is 3.51. The Balaban J connectivity index is 2.21. The van der Waals surface area contributed by atoms with Crippen molar-refractivity contribution in [3.63, 3.8) is 0 Å². The van der Waals surface area contributed by atoms with Crippen LogP contribution in [0.1, 0.15) is 33.1 Å². The molecule has 0 aromatic carbocycles. The van der Waals surface area contributed by atoms with Crippen molar-refractivity contribution in [2.24, 2.45) is 11.7 Å². The van der Waals surface area contributed by atoms with E-state index in [1.807, 2.05) is 0 Å². The van der Waals surface area contributed by atoms with E-state index in [1.165, 1.54) is 19.5 Å². The number of methoxy groups -OCH3 is 1. The molecule has 0 radical (unpaired) electrons. The summed E-state index contributed by atoms with van der Waals surface area (Å²) < 4.78 is 5.26. The van der Waals surface area contributed by atoms with Crippen LogP contribution < -0.4 is 11.1 Å². The molecule has 1 saturated heterocycles. The van der Waals surface area contributed by atoms with E-state index in [2.05, 4.69) is 24.1 Å². The molecule has 108 valence electrons. The first-order valence-electron chi connectivity index (χ1n) is 7.33. The second-order valence-electron chi connectivity index (χ2n) is 5.73. The van der Waals surface area contributed by atoms with E-state index in [0.29, 0.717) is 12.1 Å². The molecule has 4 heteroatoms. The molecule has 0 aliphatic carbocycles. The molecule has 0 saturated carbocycles. The van der Waals surface area contributed by atoms with Crippen molar-refractivity contribution in [1.29, 1.82) is 0 Å². The van der Waals surface area contributed by atoms with E-state index < -0.39 is 0 Å². The second-order valence-corrected chi connectivity index (χ2v) is 5.73. The van der Waals surface area contributed by atoms with Gasteiger partial charge in [0.15, 0.2) is 0 Å². The highest BCUT2D eigenvalue weighted by Gasteiger charge is 2.24. The predicted molar refractivity (Wildman–Crippen MR) is 76.8 cm³/mol. The first kappa shape index (κ1) is 15.9. The normalized spacial score (nSPS) is 22.8. The molecule has 0 aromatic heterocycles. The van der Waals surface area contributed by atoms with E-state index in [1.54, 1.807) is 7.11 Å². The number of likely N-dealkylation sites (tertiary alicyclic amines) is 1. The number of ether oxygens (including phenoxy) is 1. The minimum atomic E-state index is 0.464. The maximum absolute atomic E-state index is 5.57. The molecule has 2 atom stereocenters. The largest absolute Gasteiger partial charge is 0.383 e. The molecule has 1 fully saturated rings. The zero-order valence-corrected chi connectivity index (χ0v) is 12.3. The Morgan fingerprint density at radius 2 is 2.22 bits per heavy atom. The molecule has 0 spiro atoms. The Bertz CT molecular complexity index is 211. The summed E-state index contributed by atoms with van der Waals surface area (Å²) in [5.74, 6) is 0.796. The van der Waals surface area contributed by atoms with Crippen LogP contribution in [-0.2, 0) is 4.74 Å². The van der Waals surface area contributed by atoms with Crippen LogP contribution in [0.25, 0.3) is 0 Å². The van der Waals surface area contributed by atoms with Crippen LogP contribution in [0.2, 0.25) is 0 Å². The van der Waals surface area contributed by atoms with Crippen LogP contribution in [-0.4, -0.2) is 56.9 Å². The average Bonchev–Trinajstić information content (AvgIpc) is 2.81. The van der Waals surface area contributed by atoms with Gasteiger partial charge in [0, 0.05) is 25.7 Å². The second kappa shape index (κ2) is 8.86. The van der Waals surface area contributed by atoms with Crippen molar-refractivity contribution in [2.75, 3.05) is 39.9 Å². The van der Waals surface area contributed by atoms with Crippen LogP contribution in [0.4, 0.5) is 0 Å². The summed E-state index contributed by atoms with van der Waals surface area (Å²) in [7, 11) is 1.77. The molecule has 1 rings (SSSR count). The van der Waals surface area contributed by atoms with Crippen molar-refractivity contribution in [3.05, 3.63) is 0 Å². The fourth-order valence-electron chi connectivity index (χ4n) is 2.64. The molecule has 1 aliphatic rings. The van der Waals surface area contributed by atoms with Crippen molar-refractivity contribution >= 4 is 0 Å². The van der Waals surface area contributed by atoms with Crippen LogP contribution in [0, 0.1) is 5.92 Å². The topological polar surface area (TPSA) is 50.5 Å². The van der Waals surface area contributed by atoms with Gasteiger partial charge in [0.2, 0.25) is 0 Å². The summed E-state index contributed by atoms with van der Waals surface area (Å²) in [6.45, 7) is 9.73. The maximum atomic E-state index is 5.57. The Labute approximate surface area is 112 Å². The van der Waals surface area contributed by atoms with Crippen LogP contribution >= 0.6 is 0 Å². The van der Waals surface area contributed by atoms with Crippen molar-refractivity contribution < 1.29 is 4.74 Å². The van der Waals surface area contributed by atoms with Gasteiger partial charge in [-0.2, -0.15) is 0 Å². The van der Waals surface area contributed by atoms with Gasteiger partial charge in [-0.1, -0.05) is 0 Å². The SMILES string of the molecule is COCC(CCCN)NCC1CCN(C(C)C)C1. The van der Waals surface area contributed by atoms with Gasteiger partial charge in [0.05, 0.1) is 6.61 Å². The van der Waals surface area contributed by atoms with Crippen molar-refractivity contribution in [3.8, 4) is 0 Å². The van der Waals surface area contributed by atoms with Gasteiger partial charge in [-0.25, -0.2) is 0 Å². The third-order valence-corrected chi connectivity index (χ3v) is 3.87. The molecule has 0 bridgehead atoms. The van der Waals surface area contributed by atoms with Crippen LogP contribution in [0.3, 0.4) is 0 Å². The number of nitrogens with two attached hydrogens (primary N) is 1. The van der Waals surface area contributed by atoms with Gasteiger partial charge >= 0.3 is 0 Å². The minimum absolute atomic E-state index is 0.464. The number of rotatable bonds is 9. The van der Waals surface area contributed by atoms with E-state index in [4.69, 9.17) is 10.5 Å². The summed E-state index contributed by atoms with van der Waals surface area (Å²) in [6, 6.07) is 1.15. The van der Waals surface area contributed by atoms with Crippen LogP contribution in [0.15, 0.2) is 0 Å². The molecule has 2 unspecified atom stereocenters. The lowest BCUT2D eigenvalue weighted by Crippen LogP contribution is -2.38. The van der Waals surface area contributed by atoms with Gasteiger partial charge in [0.25, 0.3) is 0 Å². The first-order chi connectivity index (χ1) is 8.67. The lowest BCUT2D eigenvalue weighted by molar-refractivity contribution is 0.158. The summed E-state index contributed by atoms with van der Waals surface area (Å²) >= 11 is 0. The molecular weight excluding hydrogens is 226 g/mol. The Morgan fingerprint density at radius 3 is 2.78 bits per heavy atom. The molecule has 1 aliphatic heterocycles. The number of nitrogens with one attached hydrogen (secondary N) is 1.